The molecule has 0 unspecified atom stereocenters. The number of benzene rings is 2. The lowest BCUT2D eigenvalue weighted by Crippen LogP contribution is -2.60. The molecule has 2 aromatic rings. The number of carbonyl (C=O) groups is 3. The van der Waals surface area contributed by atoms with Crippen molar-refractivity contribution in [1.82, 2.24) is 0 Å². The summed E-state index contributed by atoms with van der Waals surface area (Å²) < 4.78 is 54.6. The number of carbonyl (C=O) groups excluding carboxylic acids is 2. The van der Waals surface area contributed by atoms with Crippen LogP contribution in [0.1, 0.15) is 31.2 Å². The van der Waals surface area contributed by atoms with Crippen molar-refractivity contribution in [3.8, 4) is 5.75 Å². The van der Waals surface area contributed by atoms with E-state index in [9.17, 15) is 32.7 Å². The Balaban J connectivity index is 1.57. The van der Waals surface area contributed by atoms with Crippen molar-refractivity contribution in [2.75, 3.05) is 29.9 Å². The molecule has 204 valence electrons. The first-order valence-corrected chi connectivity index (χ1v) is 12.1. The van der Waals surface area contributed by atoms with Crippen LogP contribution in [0.2, 0.25) is 5.02 Å². The van der Waals surface area contributed by atoms with Gasteiger partial charge >= 0.3 is 11.9 Å². The maximum Gasteiger partial charge on any atom is 0.306 e. The van der Waals surface area contributed by atoms with E-state index in [4.69, 9.17) is 26.2 Å². The van der Waals surface area contributed by atoms with Gasteiger partial charge in [0.2, 0.25) is 5.91 Å². The molecule has 9 nitrogen and oxygen atoms in total. The zero-order valence-electron chi connectivity index (χ0n) is 19.9. The van der Waals surface area contributed by atoms with Crippen LogP contribution in [0.5, 0.6) is 5.75 Å². The molecular weight excluding hydrogens is 533 g/mol. The van der Waals surface area contributed by atoms with Crippen LogP contribution >= 0.6 is 11.6 Å². The number of nitrogens with zero attached hydrogens (tertiary/aromatic N) is 1. The molecule has 0 saturated carbocycles. The van der Waals surface area contributed by atoms with Gasteiger partial charge in [-0.05, 0) is 30.7 Å². The number of amides is 1. The van der Waals surface area contributed by atoms with Gasteiger partial charge in [-0.3, -0.25) is 14.4 Å². The molecule has 1 amide bonds. The summed E-state index contributed by atoms with van der Waals surface area (Å²) in [5.74, 6) is -4.87. The van der Waals surface area contributed by atoms with Crippen molar-refractivity contribution in [2.45, 2.75) is 43.8 Å². The molecule has 2 atom stereocenters. The number of fused-ring (bicyclic) bond motifs is 1. The number of ether oxygens (including phenoxy) is 2. The number of piperidine rings is 1. The number of carboxylic acids is 1. The molecule has 0 aromatic heterocycles. The number of carboxylic acid groups (broad SMARTS) is 1. The van der Waals surface area contributed by atoms with Gasteiger partial charge in [-0.15, -0.1) is 0 Å². The third kappa shape index (κ3) is 5.97. The molecule has 0 spiro atoms. The van der Waals surface area contributed by atoms with Crippen LogP contribution in [0, 0.1) is 17.5 Å². The van der Waals surface area contributed by atoms with Gasteiger partial charge in [-0.25, -0.2) is 13.2 Å². The fourth-order valence-corrected chi connectivity index (χ4v) is 4.68. The van der Waals surface area contributed by atoms with Gasteiger partial charge in [0, 0.05) is 30.0 Å². The van der Waals surface area contributed by atoms with E-state index < -0.39 is 66.2 Å². The predicted octanol–water partition coefficient (Wildman–Crippen LogP) is 3.44. The second kappa shape index (κ2) is 11.1. The Bertz CT molecular complexity index is 1250. The number of aliphatic hydroxyl groups is 1. The number of anilines is 2. The van der Waals surface area contributed by atoms with Gasteiger partial charge in [0.05, 0.1) is 25.1 Å². The average molecular weight is 557 g/mol. The lowest BCUT2D eigenvalue weighted by molar-refractivity contribution is -0.173. The molecule has 2 aliphatic rings. The van der Waals surface area contributed by atoms with E-state index in [2.05, 4.69) is 5.32 Å². The molecule has 3 N–H and O–H groups in total. The summed E-state index contributed by atoms with van der Waals surface area (Å²) in [6, 6.07) is 4.29. The summed E-state index contributed by atoms with van der Waals surface area (Å²) in [4.78, 5) is 36.1. The van der Waals surface area contributed by atoms with Crippen molar-refractivity contribution in [3.63, 3.8) is 0 Å². The van der Waals surface area contributed by atoms with E-state index in [1.165, 1.54) is 11.0 Å². The first-order chi connectivity index (χ1) is 18.0. The van der Waals surface area contributed by atoms with Gasteiger partial charge in [-0.1, -0.05) is 11.6 Å². The quantitative estimate of drug-likeness (QED) is 0.422. The molecule has 13 heteroatoms. The van der Waals surface area contributed by atoms with Crippen LogP contribution in [0.4, 0.5) is 24.5 Å². The number of nitrogens with one attached hydrogen (secondary N) is 1. The van der Waals surface area contributed by atoms with Crippen molar-refractivity contribution in [3.05, 3.63) is 52.3 Å². The van der Waals surface area contributed by atoms with Crippen LogP contribution in [-0.2, 0) is 25.5 Å². The maximum atomic E-state index is 14.6. The first-order valence-electron chi connectivity index (χ1n) is 11.7. The molecule has 4 rings (SSSR count). The Morgan fingerprint density at radius 1 is 1.13 bits per heavy atom. The lowest BCUT2D eigenvalue weighted by atomic mass is 9.88. The van der Waals surface area contributed by atoms with Crippen molar-refractivity contribution in [2.24, 2.45) is 0 Å². The summed E-state index contributed by atoms with van der Waals surface area (Å²) >= 11 is 5.71. The van der Waals surface area contributed by atoms with Gasteiger partial charge < -0.3 is 29.9 Å². The number of hydrogen-bond acceptors (Lipinski definition) is 7. The van der Waals surface area contributed by atoms with E-state index in [1.54, 1.807) is 0 Å². The molecule has 1 saturated heterocycles. The molecule has 38 heavy (non-hydrogen) atoms. The number of hydrogen-bond donors (Lipinski definition) is 3. The lowest BCUT2D eigenvalue weighted by Gasteiger charge is -2.44. The second-order valence-electron chi connectivity index (χ2n) is 9.13. The Kier molecular flexibility index (Phi) is 8.02. The largest absolute Gasteiger partial charge is 0.490 e. The maximum absolute atomic E-state index is 14.6. The smallest absolute Gasteiger partial charge is 0.306 e. The van der Waals surface area contributed by atoms with Crippen molar-refractivity contribution < 1.29 is 47.2 Å². The van der Waals surface area contributed by atoms with Crippen LogP contribution in [0.25, 0.3) is 0 Å². The van der Waals surface area contributed by atoms with E-state index in [-0.39, 0.29) is 54.7 Å². The molecule has 1 fully saturated rings. The third-order valence-electron chi connectivity index (χ3n) is 6.48. The van der Waals surface area contributed by atoms with Gasteiger partial charge in [0.25, 0.3) is 0 Å². The highest BCUT2D eigenvalue weighted by atomic mass is 35.5. The minimum absolute atomic E-state index is 0.0223. The zero-order valence-corrected chi connectivity index (χ0v) is 20.7. The highest BCUT2D eigenvalue weighted by molar-refractivity contribution is 6.30. The molecule has 2 heterocycles. The average Bonchev–Trinajstić information content (AvgIpc) is 2.84. The zero-order chi connectivity index (χ0) is 27.6. The fourth-order valence-electron chi connectivity index (χ4n) is 4.49. The van der Waals surface area contributed by atoms with Gasteiger partial charge in [0.15, 0.2) is 17.7 Å². The standard InChI is InChI=1S/C25H24ClF3N2O7/c26-13-9-16(28)24(17(29)10-13)31-8-7-25(36,19(11-31)38-22(35)6-5-21(33)34)12-37-18-3-2-15(27)23-14(18)1-4-20(32)30-23/h2-3,9-10,19,36H,1,4-8,11-12H2,(H,30,32)(H,33,34)/t19-,25-/m1/s1. The van der Waals surface area contributed by atoms with E-state index in [0.29, 0.717) is 5.56 Å². The molecule has 0 radical (unpaired) electrons. The van der Waals surface area contributed by atoms with Crippen LogP contribution in [0.3, 0.4) is 0 Å². The first kappa shape index (κ1) is 27.5. The molecule has 0 bridgehead atoms. The van der Waals surface area contributed by atoms with E-state index in [1.807, 2.05) is 0 Å². The minimum atomic E-state index is -1.85. The van der Waals surface area contributed by atoms with E-state index >= 15 is 0 Å². The minimum Gasteiger partial charge on any atom is -0.490 e. The second-order valence-corrected chi connectivity index (χ2v) is 9.56. The normalized spacial score (nSPS) is 20.9. The number of halogens is 4. The Hall–Kier alpha value is -3.51. The fraction of sp³-hybridized carbons (Fsp3) is 0.400. The highest BCUT2D eigenvalue weighted by Crippen LogP contribution is 2.37. The summed E-state index contributed by atoms with van der Waals surface area (Å²) in [5, 5.41) is 22.6. The molecular formula is C25H24ClF3N2O7. The molecule has 0 aliphatic carbocycles. The predicted molar refractivity (Wildman–Crippen MR) is 129 cm³/mol. The van der Waals surface area contributed by atoms with Crippen LogP contribution in [0.15, 0.2) is 24.3 Å². The van der Waals surface area contributed by atoms with E-state index in [0.717, 1.165) is 18.2 Å². The van der Waals surface area contributed by atoms with Crippen molar-refractivity contribution >= 4 is 40.8 Å². The summed E-state index contributed by atoms with van der Waals surface area (Å²) in [5.41, 5.74) is -1.90. The number of aliphatic carboxylic acids is 1. The number of esters is 1. The Morgan fingerprint density at radius 3 is 2.53 bits per heavy atom. The van der Waals surface area contributed by atoms with Crippen LogP contribution in [-0.4, -0.2) is 59.5 Å². The molecule has 2 aliphatic heterocycles. The summed E-state index contributed by atoms with van der Waals surface area (Å²) in [6.45, 7) is -0.850. The van der Waals surface area contributed by atoms with Gasteiger partial charge in [-0.2, -0.15) is 0 Å². The Labute approximate surface area is 220 Å². The monoisotopic (exact) mass is 556 g/mol. The summed E-state index contributed by atoms with van der Waals surface area (Å²) in [7, 11) is 0. The highest BCUT2D eigenvalue weighted by Gasteiger charge is 2.46. The Morgan fingerprint density at radius 2 is 1.84 bits per heavy atom. The third-order valence-corrected chi connectivity index (χ3v) is 6.70. The number of rotatable bonds is 8. The van der Waals surface area contributed by atoms with Crippen LogP contribution < -0.4 is 15.0 Å². The topological polar surface area (TPSA) is 125 Å². The van der Waals surface area contributed by atoms with Crippen molar-refractivity contribution in [1.29, 1.82) is 0 Å². The van der Waals surface area contributed by atoms with Gasteiger partial charge in [0.1, 0.15) is 29.5 Å². The SMILES string of the molecule is O=C(O)CCC(=O)O[C@@H]1CN(c2c(F)cc(Cl)cc2F)CC[C@@]1(O)COc1ccc(F)c2c1CCC(=O)N2. The molecule has 2 aromatic carbocycles. The summed E-state index contributed by atoms with van der Waals surface area (Å²) in [6.07, 6.45) is -2.23.